The Balaban J connectivity index is 2.03. The smallest absolute Gasteiger partial charge is 0.160 e. The van der Waals surface area contributed by atoms with E-state index in [1.165, 1.54) is 19.4 Å². The van der Waals surface area contributed by atoms with E-state index in [1.807, 2.05) is 12.3 Å². The molecule has 2 aromatic rings. The van der Waals surface area contributed by atoms with Crippen LogP contribution in [-0.2, 0) is 12.4 Å². The molecule has 1 fully saturated rings. The van der Waals surface area contributed by atoms with Gasteiger partial charge in [0.05, 0.1) is 5.88 Å². The molecule has 0 bridgehead atoms. The molecule has 2 aromatic heterocycles. The van der Waals surface area contributed by atoms with Gasteiger partial charge in [-0.1, -0.05) is 0 Å². The molecule has 0 saturated carbocycles. The predicted octanol–water partition coefficient (Wildman–Crippen LogP) is 2.57. The fourth-order valence-corrected chi connectivity index (χ4v) is 3.10. The minimum atomic E-state index is 0.437. The van der Waals surface area contributed by atoms with Crippen molar-refractivity contribution in [3.05, 3.63) is 23.7 Å². The number of rotatable bonds is 3. The molecule has 1 aliphatic heterocycles. The van der Waals surface area contributed by atoms with Crippen LogP contribution >= 0.6 is 11.6 Å². The first kappa shape index (κ1) is 12.9. The topological polar surface area (TPSA) is 34.0 Å². The number of likely N-dealkylation sites (N-methyl/N-ethyl adjacent to an activating group) is 1. The van der Waals surface area contributed by atoms with Crippen LogP contribution in [0.2, 0.25) is 0 Å². The number of fused-ring (bicyclic) bond motifs is 1. The van der Waals surface area contributed by atoms with E-state index in [9.17, 15) is 0 Å². The van der Waals surface area contributed by atoms with Gasteiger partial charge in [0.2, 0.25) is 0 Å². The number of likely N-dealkylation sites (tertiary alicyclic amines) is 1. The Kier molecular flexibility index (Phi) is 3.46. The Labute approximate surface area is 118 Å². The Morgan fingerprint density at radius 1 is 1.47 bits per heavy atom. The van der Waals surface area contributed by atoms with E-state index >= 15 is 0 Å². The highest BCUT2D eigenvalue weighted by Gasteiger charge is 2.23. The van der Waals surface area contributed by atoms with Crippen LogP contribution in [0.4, 0.5) is 0 Å². The van der Waals surface area contributed by atoms with Crippen LogP contribution < -0.4 is 0 Å². The lowest BCUT2D eigenvalue weighted by Gasteiger charge is -2.20. The molecule has 5 heteroatoms. The average Bonchev–Trinajstić information content (AvgIpc) is 2.96. The van der Waals surface area contributed by atoms with Gasteiger partial charge in [0.15, 0.2) is 5.65 Å². The van der Waals surface area contributed by atoms with Crippen LogP contribution in [0.3, 0.4) is 0 Å². The molecule has 1 unspecified atom stereocenters. The molecule has 1 aliphatic rings. The zero-order valence-corrected chi connectivity index (χ0v) is 12.2. The Hall–Kier alpha value is -1.13. The molecule has 0 aliphatic carbocycles. The Bertz CT molecular complexity index is 592. The van der Waals surface area contributed by atoms with Crippen LogP contribution in [0, 0.1) is 6.92 Å². The summed E-state index contributed by atoms with van der Waals surface area (Å²) in [6.07, 6.45) is 4.37. The van der Waals surface area contributed by atoms with Gasteiger partial charge < -0.3 is 9.47 Å². The van der Waals surface area contributed by atoms with Crippen molar-refractivity contribution in [2.24, 2.45) is 0 Å². The van der Waals surface area contributed by atoms with Gasteiger partial charge in [0, 0.05) is 18.8 Å². The van der Waals surface area contributed by atoms with Gasteiger partial charge in [-0.25, -0.2) is 9.97 Å². The minimum absolute atomic E-state index is 0.437. The zero-order chi connectivity index (χ0) is 13.4. The number of aromatic nitrogens is 3. The normalized spacial score (nSPS) is 20.5. The summed E-state index contributed by atoms with van der Waals surface area (Å²) in [6.45, 7) is 4.19. The number of hydrogen-bond acceptors (Lipinski definition) is 3. The first-order valence-electron chi connectivity index (χ1n) is 6.77. The van der Waals surface area contributed by atoms with Crippen molar-refractivity contribution in [3.8, 4) is 0 Å². The molecule has 0 aromatic carbocycles. The van der Waals surface area contributed by atoms with E-state index in [1.54, 1.807) is 0 Å². The van der Waals surface area contributed by atoms with Crippen LogP contribution in [0.15, 0.2) is 12.3 Å². The molecule has 1 saturated heterocycles. The third kappa shape index (κ3) is 2.23. The summed E-state index contributed by atoms with van der Waals surface area (Å²) < 4.78 is 2.20. The van der Waals surface area contributed by atoms with Gasteiger partial charge in [0.1, 0.15) is 11.3 Å². The van der Waals surface area contributed by atoms with E-state index in [-0.39, 0.29) is 0 Å². The number of halogens is 1. The molecule has 3 rings (SSSR count). The molecule has 3 heterocycles. The van der Waals surface area contributed by atoms with E-state index in [2.05, 4.69) is 33.4 Å². The van der Waals surface area contributed by atoms with Crippen LogP contribution in [0.1, 0.15) is 24.2 Å². The van der Waals surface area contributed by atoms with E-state index in [0.29, 0.717) is 11.9 Å². The summed E-state index contributed by atoms with van der Waals surface area (Å²) >= 11 is 6.05. The second kappa shape index (κ2) is 5.10. The van der Waals surface area contributed by atoms with Gasteiger partial charge in [0.25, 0.3) is 0 Å². The number of hydrogen-bond donors (Lipinski definition) is 0. The van der Waals surface area contributed by atoms with Gasteiger partial charge in [-0.05, 0) is 45.0 Å². The zero-order valence-electron chi connectivity index (χ0n) is 11.4. The minimum Gasteiger partial charge on any atom is -0.310 e. The Morgan fingerprint density at radius 3 is 3.00 bits per heavy atom. The number of imidazole rings is 1. The first-order chi connectivity index (χ1) is 9.20. The van der Waals surface area contributed by atoms with Crippen LogP contribution in [-0.4, -0.2) is 39.1 Å². The van der Waals surface area contributed by atoms with E-state index in [4.69, 9.17) is 11.6 Å². The fourth-order valence-electron chi connectivity index (χ4n) is 2.90. The number of aryl methyl sites for hydroxylation is 1. The molecule has 0 amide bonds. The third-order valence-corrected chi connectivity index (χ3v) is 4.34. The summed E-state index contributed by atoms with van der Waals surface area (Å²) in [5.74, 6) is 1.37. The number of nitrogens with zero attached hydrogens (tertiary/aromatic N) is 4. The summed E-state index contributed by atoms with van der Waals surface area (Å²) in [7, 11) is 2.19. The van der Waals surface area contributed by atoms with E-state index in [0.717, 1.165) is 29.1 Å². The van der Waals surface area contributed by atoms with Gasteiger partial charge in [-0.2, -0.15) is 0 Å². The van der Waals surface area contributed by atoms with Crippen molar-refractivity contribution in [2.45, 2.75) is 38.2 Å². The maximum atomic E-state index is 6.05. The van der Waals surface area contributed by atoms with Gasteiger partial charge in [-0.3, -0.25) is 0 Å². The van der Waals surface area contributed by atoms with Gasteiger partial charge >= 0.3 is 0 Å². The second-order valence-electron chi connectivity index (χ2n) is 5.35. The number of pyridine rings is 1. The molecule has 0 spiro atoms. The molecular weight excluding hydrogens is 260 g/mol. The summed E-state index contributed by atoms with van der Waals surface area (Å²) in [5, 5.41) is 0. The number of alkyl halides is 1. The average molecular weight is 279 g/mol. The lowest BCUT2D eigenvalue weighted by Crippen LogP contribution is -2.29. The molecule has 0 N–H and O–H groups in total. The van der Waals surface area contributed by atoms with E-state index < -0.39 is 0 Å². The van der Waals surface area contributed by atoms with Crippen LogP contribution in [0.25, 0.3) is 11.2 Å². The van der Waals surface area contributed by atoms with Crippen molar-refractivity contribution >= 4 is 22.8 Å². The SMILES string of the molecule is Cc1ccnc2c1nc(CCl)n2CC1CCCN1C. The first-order valence-corrected chi connectivity index (χ1v) is 7.31. The van der Waals surface area contributed by atoms with Crippen molar-refractivity contribution in [1.29, 1.82) is 0 Å². The second-order valence-corrected chi connectivity index (χ2v) is 5.62. The van der Waals surface area contributed by atoms with Crippen molar-refractivity contribution in [2.75, 3.05) is 13.6 Å². The molecular formula is C14H19ClN4. The lowest BCUT2D eigenvalue weighted by atomic mass is 10.2. The van der Waals surface area contributed by atoms with Crippen molar-refractivity contribution in [1.82, 2.24) is 19.4 Å². The maximum absolute atomic E-state index is 6.05. The third-order valence-electron chi connectivity index (χ3n) is 4.10. The molecule has 4 nitrogen and oxygen atoms in total. The highest BCUT2D eigenvalue weighted by Crippen LogP contribution is 2.23. The molecule has 1 atom stereocenters. The quantitative estimate of drug-likeness (QED) is 0.809. The van der Waals surface area contributed by atoms with Crippen LogP contribution in [0.5, 0.6) is 0 Å². The van der Waals surface area contributed by atoms with Gasteiger partial charge in [-0.15, -0.1) is 11.6 Å². The predicted molar refractivity (Wildman–Crippen MR) is 77.5 cm³/mol. The fraction of sp³-hybridized carbons (Fsp3) is 0.571. The van der Waals surface area contributed by atoms with Crippen molar-refractivity contribution < 1.29 is 0 Å². The largest absolute Gasteiger partial charge is 0.310 e. The summed E-state index contributed by atoms with van der Waals surface area (Å²) in [6, 6.07) is 2.57. The Morgan fingerprint density at radius 2 is 2.32 bits per heavy atom. The highest BCUT2D eigenvalue weighted by atomic mass is 35.5. The summed E-state index contributed by atoms with van der Waals surface area (Å²) in [4.78, 5) is 11.6. The standard InChI is InChI=1S/C14H19ClN4/c1-10-5-6-16-14-13(10)17-12(8-15)19(14)9-11-4-3-7-18(11)2/h5-6,11H,3-4,7-9H2,1-2H3. The molecule has 0 radical (unpaired) electrons. The van der Waals surface area contributed by atoms with Crippen molar-refractivity contribution in [3.63, 3.8) is 0 Å². The molecule has 102 valence electrons. The maximum Gasteiger partial charge on any atom is 0.160 e. The lowest BCUT2D eigenvalue weighted by molar-refractivity contribution is 0.282. The summed E-state index contributed by atoms with van der Waals surface area (Å²) in [5.41, 5.74) is 3.12. The highest BCUT2D eigenvalue weighted by molar-refractivity contribution is 6.16. The molecule has 19 heavy (non-hydrogen) atoms. The monoisotopic (exact) mass is 278 g/mol.